The molecule has 0 heterocycles. The van der Waals surface area contributed by atoms with Gasteiger partial charge >= 0.3 is 0 Å². The number of likely N-dealkylation sites (N-methyl/N-ethyl adjacent to an activating group) is 1. The summed E-state index contributed by atoms with van der Waals surface area (Å²) in [6.07, 6.45) is 0. The molecule has 1 N–H and O–H groups in total. The molecular weight excluding hydrogens is 365 g/mol. The average molecular weight is 384 g/mol. The van der Waals surface area contributed by atoms with Crippen molar-refractivity contribution >= 4 is 29.1 Å². The third-order valence-corrected chi connectivity index (χ3v) is 4.00. The van der Waals surface area contributed by atoms with Gasteiger partial charge in [-0.25, -0.2) is 0 Å². The third-order valence-electron chi connectivity index (χ3n) is 3.40. The highest BCUT2D eigenvalue weighted by atomic mass is 35.5. The summed E-state index contributed by atoms with van der Waals surface area (Å²) in [5, 5.41) is 9.76. The Morgan fingerprint density at radius 1 is 1.04 bits per heavy atom. The number of hydrogen-bond acceptors (Lipinski definition) is 4. The van der Waals surface area contributed by atoms with Gasteiger partial charge in [-0.05, 0) is 36.4 Å². The Balaban J connectivity index is 1.83. The standard InChI is InChI=1S/C18H19Cl2NO4/c1-21(9-10-22)18(23)13-5-7-14(8-6-13)24-11-12-25-17-15(19)3-2-4-16(17)20/h2-8,22H,9-12H2,1H3. The average Bonchev–Trinajstić information content (AvgIpc) is 2.61. The first kappa shape index (κ1) is 19.4. The highest BCUT2D eigenvalue weighted by Gasteiger charge is 2.11. The predicted octanol–water partition coefficient (Wildman–Crippen LogP) is 3.52. The van der Waals surface area contributed by atoms with Gasteiger partial charge in [0, 0.05) is 19.2 Å². The maximum atomic E-state index is 12.1. The Hall–Kier alpha value is -1.95. The lowest BCUT2D eigenvalue weighted by Gasteiger charge is -2.16. The van der Waals surface area contributed by atoms with Crippen molar-refractivity contribution < 1.29 is 19.4 Å². The van der Waals surface area contributed by atoms with Crippen molar-refractivity contribution in [3.63, 3.8) is 0 Å². The molecule has 0 spiro atoms. The minimum atomic E-state index is -0.155. The van der Waals surface area contributed by atoms with Crippen LogP contribution in [0.3, 0.4) is 0 Å². The van der Waals surface area contributed by atoms with Crippen LogP contribution in [0.25, 0.3) is 0 Å². The molecule has 25 heavy (non-hydrogen) atoms. The summed E-state index contributed by atoms with van der Waals surface area (Å²) >= 11 is 12.0. The van der Waals surface area contributed by atoms with Crippen LogP contribution in [0, 0.1) is 0 Å². The Kier molecular flexibility index (Phi) is 7.37. The van der Waals surface area contributed by atoms with E-state index in [4.69, 9.17) is 37.8 Å². The van der Waals surface area contributed by atoms with Crippen LogP contribution in [-0.4, -0.2) is 49.3 Å². The van der Waals surface area contributed by atoms with Gasteiger partial charge in [0.2, 0.25) is 0 Å². The van der Waals surface area contributed by atoms with Crippen LogP contribution in [0.4, 0.5) is 0 Å². The first-order chi connectivity index (χ1) is 12.0. The molecule has 134 valence electrons. The Labute approximate surface area is 156 Å². The molecule has 0 saturated carbocycles. The van der Waals surface area contributed by atoms with E-state index in [1.165, 1.54) is 4.90 Å². The second-order valence-electron chi connectivity index (χ2n) is 5.22. The summed E-state index contributed by atoms with van der Waals surface area (Å²) in [5.41, 5.74) is 0.530. The fourth-order valence-corrected chi connectivity index (χ4v) is 2.60. The Morgan fingerprint density at radius 3 is 2.24 bits per heavy atom. The second kappa shape index (κ2) is 9.51. The summed E-state index contributed by atoms with van der Waals surface area (Å²) < 4.78 is 11.1. The molecule has 0 atom stereocenters. The maximum Gasteiger partial charge on any atom is 0.253 e. The number of carbonyl (C=O) groups excluding carboxylic acids is 1. The van der Waals surface area contributed by atoms with E-state index < -0.39 is 0 Å². The molecule has 0 bridgehead atoms. The molecule has 2 aromatic rings. The van der Waals surface area contributed by atoms with Gasteiger partial charge in [-0.15, -0.1) is 0 Å². The van der Waals surface area contributed by atoms with E-state index in [1.54, 1.807) is 49.5 Å². The Bertz CT molecular complexity index is 686. The molecule has 0 radical (unpaired) electrons. The summed E-state index contributed by atoms with van der Waals surface area (Å²) in [6.45, 7) is 0.806. The van der Waals surface area contributed by atoms with E-state index in [0.717, 1.165) is 0 Å². The largest absolute Gasteiger partial charge is 0.490 e. The van der Waals surface area contributed by atoms with E-state index in [0.29, 0.717) is 40.3 Å². The topological polar surface area (TPSA) is 59.0 Å². The van der Waals surface area contributed by atoms with Crippen molar-refractivity contribution in [1.29, 1.82) is 0 Å². The zero-order valence-electron chi connectivity index (χ0n) is 13.7. The van der Waals surface area contributed by atoms with Crippen molar-refractivity contribution in [3.05, 3.63) is 58.1 Å². The summed E-state index contributed by atoms with van der Waals surface area (Å²) in [5.74, 6) is 0.898. The lowest BCUT2D eigenvalue weighted by atomic mass is 10.2. The SMILES string of the molecule is CN(CCO)C(=O)c1ccc(OCCOc2c(Cl)cccc2Cl)cc1. The molecule has 2 rings (SSSR count). The minimum absolute atomic E-state index is 0.0706. The molecule has 2 aromatic carbocycles. The van der Waals surface area contributed by atoms with Crippen molar-refractivity contribution in [2.75, 3.05) is 33.4 Å². The number of nitrogens with zero attached hydrogens (tertiary/aromatic N) is 1. The van der Waals surface area contributed by atoms with Crippen molar-refractivity contribution in [3.8, 4) is 11.5 Å². The van der Waals surface area contributed by atoms with Crippen LogP contribution in [-0.2, 0) is 0 Å². The Morgan fingerprint density at radius 2 is 1.64 bits per heavy atom. The number of para-hydroxylation sites is 1. The van der Waals surface area contributed by atoms with Crippen LogP contribution < -0.4 is 9.47 Å². The lowest BCUT2D eigenvalue weighted by molar-refractivity contribution is 0.0767. The van der Waals surface area contributed by atoms with Crippen LogP contribution in [0.1, 0.15) is 10.4 Å². The van der Waals surface area contributed by atoms with Crippen LogP contribution in [0.5, 0.6) is 11.5 Å². The van der Waals surface area contributed by atoms with E-state index in [9.17, 15) is 4.79 Å². The number of benzene rings is 2. The summed E-state index contributed by atoms with van der Waals surface area (Å²) in [4.78, 5) is 13.5. The second-order valence-corrected chi connectivity index (χ2v) is 6.04. The zero-order valence-corrected chi connectivity index (χ0v) is 15.3. The van der Waals surface area contributed by atoms with Gasteiger partial charge < -0.3 is 19.5 Å². The molecule has 5 nitrogen and oxygen atoms in total. The van der Waals surface area contributed by atoms with Gasteiger partial charge in [0.1, 0.15) is 19.0 Å². The number of ether oxygens (including phenoxy) is 2. The molecular formula is C18H19Cl2NO4. The molecule has 0 aliphatic rings. The number of carbonyl (C=O) groups is 1. The van der Waals surface area contributed by atoms with Gasteiger partial charge in [-0.2, -0.15) is 0 Å². The van der Waals surface area contributed by atoms with Crippen LogP contribution in [0.2, 0.25) is 10.0 Å². The predicted molar refractivity (Wildman–Crippen MR) is 97.9 cm³/mol. The van der Waals surface area contributed by atoms with Gasteiger partial charge in [-0.3, -0.25) is 4.79 Å². The number of amides is 1. The molecule has 0 aliphatic carbocycles. The van der Waals surface area contributed by atoms with Crippen molar-refractivity contribution in [2.24, 2.45) is 0 Å². The van der Waals surface area contributed by atoms with Gasteiger partial charge in [-0.1, -0.05) is 29.3 Å². The highest BCUT2D eigenvalue weighted by molar-refractivity contribution is 6.37. The van der Waals surface area contributed by atoms with Gasteiger partial charge in [0.15, 0.2) is 5.75 Å². The molecule has 0 unspecified atom stereocenters. The molecule has 0 aliphatic heterocycles. The number of rotatable bonds is 8. The van der Waals surface area contributed by atoms with E-state index in [2.05, 4.69) is 0 Å². The zero-order chi connectivity index (χ0) is 18.2. The molecule has 0 saturated heterocycles. The van der Waals surface area contributed by atoms with E-state index in [-0.39, 0.29) is 19.1 Å². The van der Waals surface area contributed by atoms with Crippen LogP contribution >= 0.6 is 23.2 Å². The van der Waals surface area contributed by atoms with Crippen molar-refractivity contribution in [1.82, 2.24) is 4.90 Å². The molecule has 7 heteroatoms. The molecule has 0 fully saturated rings. The van der Waals surface area contributed by atoms with Crippen LogP contribution in [0.15, 0.2) is 42.5 Å². The maximum absolute atomic E-state index is 12.1. The molecule has 1 amide bonds. The quantitative estimate of drug-likeness (QED) is 0.708. The summed E-state index contributed by atoms with van der Waals surface area (Å²) in [6, 6.07) is 11.9. The fourth-order valence-electron chi connectivity index (χ4n) is 2.09. The number of halogens is 2. The minimum Gasteiger partial charge on any atom is -0.490 e. The smallest absolute Gasteiger partial charge is 0.253 e. The van der Waals surface area contributed by atoms with Crippen molar-refractivity contribution in [2.45, 2.75) is 0 Å². The molecule has 0 aromatic heterocycles. The first-order valence-electron chi connectivity index (χ1n) is 7.69. The van der Waals surface area contributed by atoms with Gasteiger partial charge in [0.05, 0.1) is 16.7 Å². The summed E-state index contributed by atoms with van der Waals surface area (Å²) in [7, 11) is 1.64. The van der Waals surface area contributed by atoms with E-state index in [1.807, 2.05) is 0 Å². The number of aliphatic hydroxyl groups excluding tert-OH is 1. The van der Waals surface area contributed by atoms with Gasteiger partial charge in [0.25, 0.3) is 5.91 Å². The highest BCUT2D eigenvalue weighted by Crippen LogP contribution is 2.32. The number of aliphatic hydroxyl groups is 1. The fraction of sp³-hybridized carbons (Fsp3) is 0.278. The normalized spacial score (nSPS) is 10.4. The first-order valence-corrected chi connectivity index (χ1v) is 8.44. The van der Waals surface area contributed by atoms with E-state index >= 15 is 0 Å². The number of hydrogen-bond donors (Lipinski definition) is 1. The monoisotopic (exact) mass is 383 g/mol. The lowest BCUT2D eigenvalue weighted by Crippen LogP contribution is -2.29. The third kappa shape index (κ3) is 5.53.